The van der Waals surface area contributed by atoms with E-state index in [1.165, 1.54) is 12.7 Å². The highest BCUT2D eigenvalue weighted by Crippen LogP contribution is 2.20. The van der Waals surface area contributed by atoms with E-state index in [9.17, 15) is 4.79 Å². The van der Waals surface area contributed by atoms with Crippen LogP contribution in [0.5, 0.6) is 5.75 Å². The van der Waals surface area contributed by atoms with E-state index in [0.29, 0.717) is 0 Å². The Labute approximate surface area is 119 Å². The molecule has 0 aliphatic rings. The van der Waals surface area contributed by atoms with Crippen molar-refractivity contribution in [3.05, 3.63) is 65.7 Å². The lowest BCUT2D eigenvalue weighted by atomic mass is 10.0. The van der Waals surface area contributed by atoms with Gasteiger partial charge in [0.2, 0.25) is 0 Å². The molecule has 3 heteroatoms. The molecule has 0 heterocycles. The largest absolute Gasteiger partial charge is 0.482 e. The molecule has 0 spiro atoms. The number of carbonyl (C=O) groups is 1. The fraction of sp³-hybridized carbons (Fsp3) is 0.235. The van der Waals surface area contributed by atoms with E-state index in [-0.39, 0.29) is 12.6 Å². The van der Waals surface area contributed by atoms with Gasteiger partial charge < -0.3 is 9.47 Å². The molecule has 2 rings (SSSR count). The maximum atomic E-state index is 11.1. The van der Waals surface area contributed by atoms with Crippen molar-refractivity contribution in [3.63, 3.8) is 0 Å². The van der Waals surface area contributed by atoms with E-state index < -0.39 is 0 Å². The molecule has 2 aromatic carbocycles. The number of aryl methyl sites for hydroxylation is 2. The van der Waals surface area contributed by atoms with Crippen molar-refractivity contribution in [1.29, 1.82) is 0 Å². The zero-order valence-corrected chi connectivity index (χ0v) is 11.5. The summed E-state index contributed by atoms with van der Waals surface area (Å²) >= 11 is 0. The summed E-state index contributed by atoms with van der Waals surface area (Å²) < 4.78 is 10.1. The van der Waals surface area contributed by atoms with E-state index in [2.05, 4.69) is 16.9 Å². The van der Waals surface area contributed by atoms with E-state index in [4.69, 9.17) is 4.74 Å². The second-order valence-corrected chi connectivity index (χ2v) is 4.46. The molecule has 104 valence electrons. The summed E-state index contributed by atoms with van der Waals surface area (Å²) in [6.07, 6.45) is 1.82. The molecule has 0 aromatic heterocycles. The predicted octanol–water partition coefficient (Wildman–Crippen LogP) is 3.02. The van der Waals surface area contributed by atoms with Crippen LogP contribution in [0.2, 0.25) is 0 Å². The lowest BCUT2D eigenvalue weighted by Gasteiger charge is -2.10. The molecule has 0 bridgehead atoms. The second kappa shape index (κ2) is 7.34. The molecule has 0 unspecified atom stereocenters. The van der Waals surface area contributed by atoms with Crippen molar-refractivity contribution in [1.82, 2.24) is 0 Å². The van der Waals surface area contributed by atoms with Crippen molar-refractivity contribution < 1.29 is 14.3 Å². The number of hydrogen-bond acceptors (Lipinski definition) is 3. The maximum absolute atomic E-state index is 11.1. The fourth-order valence-electron chi connectivity index (χ4n) is 1.97. The maximum Gasteiger partial charge on any atom is 0.343 e. The van der Waals surface area contributed by atoms with Crippen LogP contribution in [0.25, 0.3) is 0 Å². The molecule has 20 heavy (non-hydrogen) atoms. The molecule has 0 amide bonds. The van der Waals surface area contributed by atoms with Crippen LogP contribution in [0, 0.1) is 0 Å². The first-order valence-electron chi connectivity index (χ1n) is 6.61. The van der Waals surface area contributed by atoms with Crippen LogP contribution in [-0.4, -0.2) is 19.7 Å². The third-order valence-corrected chi connectivity index (χ3v) is 3.07. The van der Waals surface area contributed by atoms with Gasteiger partial charge in [-0.3, -0.25) is 0 Å². The fourth-order valence-corrected chi connectivity index (χ4v) is 1.97. The van der Waals surface area contributed by atoms with Gasteiger partial charge in [-0.15, -0.1) is 0 Å². The third-order valence-electron chi connectivity index (χ3n) is 3.07. The van der Waals surface area contributed by atoms with Crippen molar-refractivity contribution in [2.24, 2.45) is 0 Å². The van der Waals surface area contributed by atoms with Gasteiger partial charge in [-0.25, -0.2) is 4.79 Å². The Morgan fingerprint density at radius 1 is 0.950 bits per heavy atom. The predicted molar refractivity (Wildman–Crippen MR) is 77.8 cm³/mol. The molecule has 0 aliphatic carbocycles. The highest BCUT2D eigenvalue weighted by molar-refractivity contribution is 5.70. The van der Waals surface area contributed by atoms with Crippen LogP contribution in [0.15, 0.2) is 54.6 Å². The molecule has 0 saturated carbocycles. The van der Waals surface area contributed by atoms with E-state index >= 15 is 0 Å². The molecule has 0 atom stereocenters. The van der Waals surface area contributed by atoms with Gasteiger partial charge in [0.15, 0.2) is 6.61 Å². The standard InChI is InChI=1S/C17H18O3/c1-19-17(18)13-20-16-10-6-5-9-15(16)12-11-14-7-3-2-4-8-14/h2-10H,11-13H2,1H3. The highest BCUT2D eigenvalue weighted by Gasteiger charge is 2.06. The van der Waals surface area contributed by atoms with E-state index in [0.717, 1.165) is 24.2 Å². The Morgan fingerprint density at radius 3 is 2.40 bits per heavy atom. The first-order valence-corrected chi connectivity index (χ1v) is 6.61. The summed E-state index contributed by atoms with van der Waals surface area (Å²) in [7, 11) is 1.35. The van der Waals surface area contributed by atoms with Gasteiger partial charge >= 0.3 is 5.97 Å². The number of rotatable bonds is 6. The van der Waals surface area contributed by atoms with Crippen LogP contribution in [-0.2, 0) is 22.4 Å². The van der Waals surface area contributed by atoms with Crippen molar-refractivity contribution in [2.45, 2.75) is 12.8 Å². The minimum Gasteiger partial charge on any atom is -0.482 e. The summed E-state index contributed by atoms with van der Waals surface area (Å²) in [6, 6.07) is 18.1. The second-order valence-electron chi connectivity index (χ2n) is 4.46. The molecule has 0 radical (unpaired) electrons. The normalized spacial score (nSPS) is 10.1. The van der Waals surface area contributed by atoms with Crippen molar-refractivity contribution in [3.8, 4) is 5.75 Å². The van der Waals surface area contributed by atoms with Gasteiger partial charge in [0.1, 0.15) is 5.75 Å². The van der Waals surface area contributed by atoms with Gasteiger partial charge in [0, 0.05) is 0 Å². The topological polar surface area (TPSA) is 35.5 Å². The molecule has 0 aliphatic heterocycles. The molecular formula is C17H18O3. The zero-order chi connectivity index (χ0) is 14.2. The average Bonchev–Trinajstić information content (AvgIpc) is 2.52. The summed E-state index contributed by atoms with van der Waals surface area (Å²) in [5.41, 5.74) is 2.38. The molecule has 0 fully saturated rings. The van der Waals surface area contributed by atoms with Gasteiger partial charge in [0.25, 0.3) is 0 Å². The number of esters is 1. The average molecular weight is 270 g/mol. The number of methoxy groups -OCH3 is 1. The first kappa shape index (κ1) is 14.1. The summed E-state index contributed by atoms with van der Waals surface area (Å²) in [5.74, 6) is 0.372. The third kappa shape index (κ3) is 4.12. The Hall–Kier alpha value is -2.29. The number of benzene rings is 2. The van der Waals surface area contributed by atoms with E-state index in [1.54, 1.807) is 0 Å². The first-order chi connectivity index (χ1) is 9.79. The molecule has 2 aromatic rings. The SMILES string of the molecule is COC(=O)COc1ccccc1CCc1ccccc1. The van der Waals surface area contributed by atoms with Crippen LogP contribution in [0.4, 0.5) is 0 Å². The minimum absolute atomic E-state index is 0.0567. The molecule has 0 saturated heterocycles. The zero-order valence-electron chi connectivity index (χ0n) is 11.5. The Morgan fingerprint density at radius 2 is 1.65 bits per heavy atom. The molecule has 3 nitrogen and oxygen atoms in total. The molecular weight excluding hydrogens is 252 g/mol. The smallest absolute Gasteiger partial charge is 0.343 e. The number of carbonyl (C=O) groups excluding carboxylic acids is 1. The van der Waals surface area contributed by atoms with Crippen LogP contribution in [0.1, 0.15) is 11.1 Å². The van der Waals surface area contributed by atoms with Crippen molar-refractivity contribution >= 4 is 5.97 Å². The number of hydrogen-bond donors (Lipinski definition) is 0. The minimum atomic E-state index is -0.372. The molecule has 0 N–H and O–H groups in total. The van der Waals surface area contributed by atoms with Gasteiger partial charge in [-0.05, 0) is 30.0 Å². The monoisotopic (exact) mass is 270 g/mol. The number of para-hydroxylation sites is 1. The lowest BCUT2D eigenvalue weighted by molar-refractivity contribution is -0.142. The lowest BCUT2D eigenvalue weighted by Crippen LogP contribution is -2.13. The van der Waals surface area contributed by atoms with Crippen LogP contribution >= 0.6 is 0 Å². The van der Waals surface area contributed by atoms with Crippen LogP contribution in [0.3, 0.4) is 0 Å². The van der Waals surface area contributed by atoms with Crippen LogP contribution < -0.4 is 4.74 Å². The Bertz CT molecular complexity index is 549. The summed E-state index contributed by atoms with van der Waals surface area (Å²) in [6.45, 7) is -0.0567. The van der Waals surface area contributed by atoms with E-state index in [1.807, 2.05) is 42.5 Å². The van der Waals surface area contributed by atoms with Gasteiger partial charge in [-0.2, -0.15) is 0 Å². The quantitative estimate of drug-likeness (QED) is 0.757. The number of ether oxygens (including phenoxy) is 2. The summed E-state index contributed by atoms with van der Waals surface area (Å²) in [4.78, 5) is 11.1. The highest BCUT2D eigenvalue weighted by atomic mass is 16.6. The van der Waals surface area contributed by atoms with Gasteiger partial charge in [0.05, 0.1) is 7.11 Å². The Balaban J connectivity index is 1.98. The Kier molecular flexibility index (Phi) is 5.18. The summed E-state index contributed by atoms with van der Waals surface area (Å²) in [5, 5.41) is 0. The van der Waals surface area contributed by atoms with Gasteiger partial charge in [-0.1, -0.05) is 48.5 Å². The van der Waals surface area contributed by atoms with Crippen molar-refractivity contribution in [2.75, 3.05) is 13.7 Å².